The smallest absolute Gasteiger partial charge is 0.300 e. The zero-order valence-corrected chi connectivity index (χ0v) is 21.3. The monoisotopic (exact) mass is 493 g/mol. The molecule has 1 amide bonds. The highest BCUT2D eigenvalue weighted by Gasteiger charge is 2.48. The van der Waals surface area contributed by atoms with Crippen LogP contribution in [0.15, 0.2) is 47.4 Å². The van der Waals surface area contributed by atoms with Crippen molar-refractivity contribution in [3.8, 4) is 17.2 Å². The van der Waals surface area contributed by atoms with Crippen molar-refractivity contribution < 1.29 is 28.9 Å². The Kier molecular flexibility index (Phi) is 6.58. The van der Waals surface area contributed by atoms with E-state index < -0.39 is 17.7 Å². The number of hydrogen-bond acceptors (Lipinski definition) is 7. The number of methoxy groups -OCH3 is 3. The summed E-state index contributed by atoms with van der Waals surface area (Å²) >= 11 is 1.43. The lowest BCUT2D eigenvalue weighted by atomic mass is 9.95. The Morgan fingerprint density at radius 2 is 1.54 bits per heavy atom. The van der Waals surface area contributed by atoms with Gasteiger partial charge in [0.25, 0.3) is 11.7 Å². The third kappa shape index (κ3) is 4.04. The van der Waals surface area contributed by atoms with E-state index in [1.807, 2.05) is 32.2 Å². The van der Waals surface area contributed by atoms with Gasteiger partial charge in [-0.1, -0.05) is 0 Å². The second kappa shape index (κ2) is 9.46. The first-order chi connectivity index (χ1) is 16.7. The average molecular weight is 494 g/mol. The second-order valence-electron chi connectivity index (χ2n) is 8.31. The van der Waals surface area contributed by atoms with Gasteiger partial charge in [0, 0.05) is 22.2 Å². The number of aliphatic hydroxyl groups excluding tert-OH is 1. The molecule has 0 aliphatic carbocycles. The first kappa shape index (κ1) is 24.3. The van der Waals surface area contributed by atoms with Gasteiger partial charge in [0.1, 0.15) is 17.6 Å². The SMILES string of the molecule is COc1cc(C)c(/C(O)=C2\C(=O)C(=O)N(c3ccc(OC)c(OC)c3)C2c2sccc2C)cc1C. The van der Waals surface area contributed by atoms with Crippen molar-refractivity contribution in [3.63, 3.8) is 0 Å². The fraction of sp³-hybridized carbons (Fsp3) is 0.259. The maximum absolute atomic E-state index is 13.4. The van der Waals surface area contributed by atoms with Crippen LogP contribution in [0.3, 0.4) is 0 Å². The Hall–Kier alpha value is -3.78. The molecule has 7 nitrogen and oxygen atoms in total. The molecule has 1 saturated heterocycles. The first-order valence-electron chi connectivity index (χ1n) is 11.0. The number of amides is 1. The topological polar surface area (TPSA) is 85.3 Å². The van der Waals surface area contributed by atoms with Crippen molar-refractivity contribution in [2.24, 2.45) is 0 Å². The highest BCUT2D eigenvalue weighted by Crippen LogP contribution is 2.46. The van der Waals surface area contributed by atoms with Crippen LogP contribution in [-0.4, -0.2) is 38.1 Å². The van der Waals surface area contributed by atoms with Crippen molar-refractivity contribution in [2.45, 2.75) is 26.8 Å². The number of ketones is 1. The minimum Gasteiger partial charge on any atom is -0.507 e. The summed E-state index contributed by atoms with van der Waals surface area (Å²) in [6.45, 7) is 5.61. The summed E-state index contributed by atoms with van der Waals surface area (Å²) in [7, 11) is 4.61. The van der Waals surface area contributed by atoms with Crippen LogP contribution in [0.2, 0.25) is 0 Å². The summed E-state index contributed by atoms with van der Waals surface area (Å²) in [5.41, 5.74) is 3.43. The number of nitrogens with zero attached hydrogens (tertiary/aromatic N) is 1. The van der Waals surface area contributed by atoms with Crippen molar-refractivity contribution in [3.05, 3.63) is 74.5 Å². The Labute approximate surface area is 208 Å². The molecular formula is C27H27NO6S. The molecule has 4 rings (SSSR count). The van der Waals surface area contributed by atoms with Crippen molar-refractivity contribution >= 4 is 34.5 Å². The van der Waals surface area contributed by atoms with E-state index in [0.717, 1.165) is 21.6 Å². The lowest BCUT2D eigenvalue weighted by molar-refractivity contribution is -0.132. The summed E-state index contributed by atoms with van der Waals surface area (Å²) in [4.78, 5) is 29.1. The van der Waals surface area contributed by atoms with Crippen LogP contribution < -0.4 is 19.1 Å². The standard InChI is InChI=1S/C27H27NO6S/c1-14-9-10-35-26(14)23-22(24(29)18-11-16(3)20(33-5)12-15(18)2)25(30)27(31)28(23)17-7-8-19(32-4)21(13-17)34-6/h7-13,23,29H,1-6H3/b24-22+. The lowest BCUT2D eigenvalue weighted by Crippen LogP contribution is -2.29. The molecular weight excluding hydrogens is 466 g/mol. The number of benzene rings is 2. The van der Waals surface area contributed by atoms with Gasteiger partial charge >= 0.3 is 0 Å². The van der Waals surface area contributed by atoms with Gasteiger partial charge < -0.3 is 19.3 Å². The van der Waals surface area contributed by atoms with E-state index in [0.29, 0.717) is 28.5 Å². The highest BCUT2D eigenvalue weighted by molar-refractivity contribution is 7.10. The number of rotatable bonds is 6. The molecule has 0 spiro atoms. The van der Waals surface area contributed by atoms with E-state index in [1.54, 1.807) is 37.4 Å². The summed E-state index contributed by atoms with van der Waals surface area (Å²) in [5, 5.41) is 13.4. The normalized spacial score (nSPS) is 17.1. The number of Topliss-reactive ketones (excluding diaryl/α,β-unsaturated/α-hetero) is 1. The molecule has 2 heterocycles. The Morgan fingerprint density at radius 1 is 0.857 bits per heavy atom. The van der Waals surface area contributed by atoms with Crippen LogP contribution in [0, 0.1) is 20.8 Å². The molecule has 182 valence electrons. The first-order valence-corrected chi connectivity index (χ1v) is 11.8. The van der Waals surface area contributed by atoms with Gasteiger partial charge in [0.05, 0.1) is 26.9 Å². The van der Waals surface area contributed by atoms with E-state index in [-0.39, 0.29) is 11.3 Å². The molecule has 1 aliphatic heterocycles. The number of aliphatic hydroxyl groups is 1. The number of anilines is 1. The van der Waals surface area contributed by atoms with Gasteiger partial charge in [-0.25, -0.2) is 0 Å². The van der Waals surface area contributed by atoms with Crippen LogP contribution in [0.5, 0.6) is 17.2 Å². The largest absolute Gasteiger partial charge is 0.507 e. The highest BCUT2D eigenvalue weighted by atomic mass is 32.1. The number of hydrogen-bond donors (Lipinski definition) is 1. The van der Waals surface area contributed by atoms with Gasteiger partial charge in [-0.2, -0.15) is 0 Å². The van der Waals surface area contributed by atoms with Crippen LogP contribution >= 0.6 is 11.3 Å². The molecule has 0 saturated carbocycles. The molecule has 0 radical (unpaired) electrons. The fourth-order valence-corrected chi connectivity index (χ4v) is 5.42. The van der Waals surface area contributed by atoms with Crippen LogP contribution in [-0.2, 0) is 9.59 Å². The average Bonchev–Trinajstić information content (AvgIpc) is 3.39. The number of aryl methyl sites for hydroxylation is 3. The summed E-state index contributed by atoms with van der Waals surface area (Å²) in [6, 6.07) is 9.75. The number of carbonyl (C=O) groups is 2. The van der Waals surface area contributed by atoms with Crippen LogP contribution in [0.25, 0.3) is 5.76 Å². The molecule has 35 heavy (non-hydrogen) atoms. The minimum atomic E-state index is -0.796. The molecule has 2 aromatic carbocycles. The summed E-state index contributed by atoms with van der Waals surface area (Å²) in [5.74, 6) is -0.0820. The molecule has 1 unspecified atom stereocenters. The van der Waals surface area contributed by atoms with Gasteiger partial charge in [-0.3, -0.25) is 14.5 Å². The predicted molar refractivity (Wildman–Crippen MR) is 136 cm³/mol. The third-order valence-electron chi connectivity index (χ3n) is 6.24. The molecule has 1 N–H and O–H groups in total. The lowest BCUT2D eigenvalue weighted by Gasteiger charge is -2.26. The minimum absolute atomic E-state index is 0.0444. The number of ether oxygens (including phenoxy) is 3. The van der Waals surface area contributed by atoms with E-state index in [2.05, 4.69) is 0 Å². The molecule has 1 aromatic heterocycles. The molecule has 1 aliphatic rings. The molecule has 1 atom stereocenters. The number of thiophene rings is 1. The number of carbonyl (C=O) groups excluding carboxylic acids is 2. The van der Waals surface area contributed by atoms with Crippen LogP contribution in [0.1, 0.15) is 33.2 Å². The van der Waals surface area contributed by atoms with Crippen molar-refractivity contribution in [2.75, 3.05) is 26.2 Å². The Morgan fingerprint density at radius 3 is 2.14 bits per heavy atom. The van der Waals surface area contributed by atoms with Gasteiger partial charge in [0.2, 0.25) is 0 Å². The summed E-state index contributed by atoms with van der Waals surface area (Å²) in [6.07, 6.45) is 0. The quantitative estimate of drug-likeness (QED) is 0.284. The molecule has 1 fully saturated rings. The molecule has 3 aromatic rings. The van der Waals surface area contributed by atoms with Gasteiger partial charge in [0.15, 0.2) is 11.5 Å². The molecule has 8 heteroatoms. The van der Waals surface area contributed by atoms with Crippen molar-refractivity contribution in [1.82, 2.24) is 0 Å². The fourth-order valence-electron chi connectivity index (χ4n) is 4.40. The summed E-state index contributed by atoms with van der Waals surface area (Å²) < 4.78 is 16.1. The van der Waals surface area contributed by atoms with E-state index in [9.17, 15) is 14.7 Å². The Bertz CT molecular complexity index is 1360. The Balaban J connectivity index is 1.97. The van der Waals surface area contributed by atoms with E-state index in [1.165, 1.54) is 30.5 Å². The van der Waals surface area contributed by atoms with Gasteiger partial charge in [-0.05, 0) is 73.2 Å². The maximum Gasteiger partial charge on any atom is 0.300 e. The van der Waals surface area contributed by atoms with Gasteiger partial charge in [-0.15, -0.1) is 11.3 Å². The van der Waals surface area contributed by atoms with Crippen molar-refractivity contribution in [1.29, 1.82) is 0 Å². The third-order valence-corrected chi connectivity index (χ3v) is 7.31. The zero-order valence-electron chi connectivity index (χ0n) is 20.5. The zero-order chi connectivity index (χ0) is 25.4. The molecule has 0 bridgehead atoms. The van der Waals surface area contributed by atoms with E-state index in [4.69, 9.17) is 14.2 Å². The van der Waals surface area contributed by atoms with Crippen LogP contribution in [0.4, 0.5) is 5.69 Å². The van der Waals surface area contributed by atoms with E-state index >= 15 is 0 Å². The predicted octanol–water partition coefficient (Wildman–Crippen LogP) is 5.33. The second-order valence-corrected chi connectivity index (χ2v) is 9.26. The maximum atomic E-state index is 13.4.